The first kappa shape index (κ1) is 20.5. The van der Waals surface area contributed by atoms with Crippen LogP contribution in [-0.4, -0.2) is 24.4 Å². The van der Waals surface area contributed by atoms with Gasteiger partial charge in [-0.3, -0.25) is 9.69 Å². The molecule has 1 heterocycles. The summed E-state index contributed by atoms with van der Waals surface area (Å²) in [7, 11) is 2.10. The molecule has 1 aliphatic heterocycles. The average molecular weight is 412 g/mol. The Morgan fingerprint density at radius 3 is 2.54 bits per heavy atom. The molecule has 0 aromatic heterocycles. The van der Waals surface area contributed by atoms with E-state index in [2.05, 4.69) is 17.3 Å². The normalized spacial score (nSPS) is 17.7. The number of nitrogens with two attached hydrogens (primary N) is 1. The van der Waals surface area contributed by atoms with E-state index in [1.165, 1.54) is 12.0 Å². The van der Waals surface area contributed by atoms with Gasteiger partial charge in [-0.25, -0.2) is 0 Å². The van der Waals surface area contributed by atoms with E-state index in [0.29, 0.717) is 6.04 Å². The number of halogens is 4. The molecule has 3 N–H and O–H groups in total. The van der Waals surface area contributed by atoms with Crippen molar-refractivity contribution in [2.75, 3.05) is 19.3 Å². The lowest BCUT2D eigenvalue weighted by Crippen LogP contribution is -2.24. The molecule has 28 heavy (non-hydrogen) atoms. The first-order valence-electron chi connectivity index (χ1n) is 8.90. The maximum atomic E-state index is 13.0. The lowest BCUT2D eigenvalue weighted by Gasteiger charge is -2.20. The summed E-state index contributed by atoms with van der Waals surface area (Å²) in [6.07, 6.45) is -2.40. The average Bonchev–Trinajstić information content (AvgIpc) is 3.07. The van der Waals surface area contributed by atoms with Crippen LogP contribution in [0.3, 0.4) is 0 Å². The van der Waals surface area contributed by atoms with Crippen molar-refractivity contribution >= 4 is 23.2 Å². The van der Waals surface area contributed by atoms with Crippen molar-refractivity contribution in [3.8, 4) is 0 Å². The monoisotopic (exact) mass is 411 g/mol. The van der Waals surface area contributed by atoms with Crippen molar-refractivity contribution in [1.82, 2.24) is 10.2 Å². The summed E-state index contributed by atoms with van der Waals surface area (Å²) in [6.45, 7) is 1.27. The fourth-order valence-electron chi connectivity index (χ4n) is 3.46. The summed E-state index contributed by atoms with van der Waals surface area (Å²) in [5, 5.41) is 2.32. The van der Waals surface area contributed by atoms with Crippen molar-refractivity contribution < 1.29 is 18.0 Å². The summed E-state index contributed by atoms with van der Waals surface area (Å²) in [5.41, 5.74) is 5.58. The number of carbonyl (C=O) groups is 1. The third kappa shape index (κ3) is 4.42. The minimum atomic E-state index is -4.69. The third-order valence-electron chi connectivity index (χ3n) is 5.04. The minimum absolute atomic E-state index is 0.185. The molecule has 1 atom stereocenters. The second kappa shape index (κ2) is 8.01. The molecule has 2 aromatic carbocycles. The number of carbonyl (C=O) groups excluding carboxylic acids is 1. The van der Waals surface area contributed by atoms with Crippen LogP contribution in [0.2, 0.25) is 5.02 Å². The Kier molecular flexibility index (Phi) is 5.86. The summed E-state index contributed by atoms with van der Waals surface area (Å²) in [6, 6.07) is 10.1. The predicted molar refractivity (Wildman–Crippen MR) is 103 cm³/mol. The molecule has 2 aromatic rings. The molecule has 0 aliphatic carbocycles. The number of rotatable bonds is 4. The number of hydrogen-bond acceptors (Lipinski definition) is 3. The summed E-state index contributed by atoms with van der Waals surface area (Å²) < 4.78 is 39.1. The molecule has 1 amide bonds. The number of anilines is 1. The fourth-order valence-corrected chi connectivity index (χ4v) is 3.68. The highest BCUT2D eigenvalue weighted by Crippen LogP contribution is 2.37. The van der Waals surface area contributed by atoms with Crippen molar-refractivity contribution in [3.63, 3.8) is 0 Å². The molecule has 0 bridgehead atoms. The first-order chi connectivity index (χ1) is 13.2. The van der Waals surface area contributed by atoms with Crippen LogP contribution < -0.4 is 11.1 Å². The Morgan fingerprint density at radius 1 is 1.29 bits per heavy atom. The number of likely N-dealkylation sites (tertiary alicyclic amines) is 1. The second-order valence-corrected chi connectivity index (χ2v) is 7.39. The number of benzene rings is 2. The fraction of sp³-hybridized carbons (Fsp3) is 0.350. The van der Waals surface area contributed by atoms with E-state index >= 15 is 0 Å². The summed E-state index contributed by atoms with van der Waals surface area (Å²) >= 11 is 5.77. The molecule has 150 valence electrons. The lowest BCUT2D eigenvalue weighted by atomic mass is 10.0. The summed E-state index contributed by atoms with van der Waals surface area (Å²) in [5.74, 6) is -0.646. The van der Waals surface area contributed by atoms with Crippen LogP contribution >= 0.6 is 11.6 Å². The van der Waals surface area contributed by atoms with Gasteiger partial charge in [-0.05, 0) is 49.7 Å². The molecule has 1 aliphatic rings. The van der Waals surface area contributed by atoms with E-state index in [1.54, 1.807) is 0 Å². The van der Waals surface area contributed by atoms with Crippen molar-refractivity contribution in [2.24, 2.45) is 0 Å². The molecule has 4 nitrogen and oxygen atoms in total. The van der Waals surface area contributed by atoms with Crippen molar-refractivity contribution in [2.45, 2.75) is 31.6 Å². The van der Waals surface area contributed by atoms with E-state index in [-0.39, 0.29) is 17.1 Å². The molecule has 0 saturated carbocycles. The van der Waals surface area contributed by atoms with Gasteiger partial charge in [0.1, 0.15) is 0 Å². The Hall–Kier alpha value is -2.25. The zero-order valence-corrected chi connectivity index (χ0v) is 16.1. The lowest BCUT2D eigenvalue weighted by molar-refractivity contribution is -0.136. The number of nitrogens with one attached hydrogen (secondary N) is 1. The number of nitrogen functional groups attached to an aromatic ring is 1. The van der Waals surface area contributed by atoms with Crippen LogP contribution in [0.4, 0.5) is 18.9 Å². The van der Waals surface area contributed by atoms with Gasteiger partial charge in [0, 0.05) is 18.2 Å². The van der Waals surface area contributed by atoms with E-state index < -0.39 is 23.3 Å². The topological polar surface area (TPSA) is 58.4 Å². The van der Waals surface area contributed by atoms with Gasteiger partial charge < -0.3 is 11.1 Å². The summed E-state index contributed by atoms with van der Waals surface area (Å²) in [4.78, 5) is 14.6. The van der Waals surface area contributed by atoms with Gasteiger partial charge in [0.15, 0.2) is 0 Å². The van der Waals surface area contributed by atoms with E-state index in [1.807, 2.05) is 24.3 Å². The molecule has 1 fully saturated rings. The van der Waals surface area contributed by atoms with Crippen molar-refractivity contribution in [3.05, 3.63) is 63.7 Å². The molecule has 3 rings (SSSR count). The molecule has 0 radical (unpaired) electrons. The molecule has 8 heteroatoms. The maximum Gasteiger partial charge on any atom is 0.418 e. The van der Waals surface area contributed by atoms with E-state index in [9.17, 15) is 18.0 Å². The van der Waals surface area contributed by atoms with Gasteiger partial charge in [0.2, 0.25) is 0 Å². The highest BCUT2D eigenvalue weighted by Gasteiger charge is 2.34. The zero-order chi connectivity index (χ0) is 20.5. The van der Waals surface area contributed by atoms with Gasteiger partial charge in [0.05, 0.1) is 16.3 Å². The smallest absolute Gasteiger partial charge is 0.397 e. The van der Waals surface area contributed by atoms with Gasteiger partial charge in [0.25, 0.3) is 5.91 Å². The van der Waals surface area contributed by atoms with Gasteiger partial charge in [-0.15, -0.1) is 0 Å². The quantitative estimate of drug-likeness (QED) is 0.721. The standard InChI is InChI=1S/C20H21ClF3N3O/c1-27-8-2-3-17(27)13-6-4-12(5-7-13)11-26-19(28)14-9-15(20(22,23)24)18(25)16(21)10-14/h4-7,9-10,17H,2-3,8,11,25H2,1H3,(H,26,28). The highest BCUT2D eigenvalue weighted by molar-refractivity contribution is 6.33. The van der Waals surface area contributed by atoms with Crippen LogP contribution in [0, 0.1) is 0 Å². The van der Waals surface area contributed by atoms with Crippen LogP contribution in [0.5, 0.6) is 0 Å². The van der Waals surface area contributed by atoms with Gasteiger partial charge in [-0.1, -0.05) is 35.9 Å². The Balaban J connectivity index is 1.68. The Bertz CT molecular complexity index is 868. The number of amides is 1. The highest BCUT2D eigenvalue weighted by atomic mass is 35.5. The van der Waals surface area contributed by atoms with E-state index in [0.717, 1.165) is 30.7 Å². The van der Waals surface area contributed by atoms with Gasteiger partial charge >= 0.3 is 6.18 Å². The molecular weight excluding hydrogens is 391 g/mol. The molecular formula is C20H21ClF3N3O. The SMILES string of the molecule is CN1CCCC1c1ccc(CNC(=O)c2cc(Cl)c(N)c(C(F)(F)F)c2)cc1. The van der Waals surface area contributed by atoms with Crippen LogP contribution in [-0.2, 0) is 12.7 Å². The number of alkyl halides is 3. The van der Waals surface area contributed by atoms with E-state index in [4.69, 9.17) is 17.3 Å². The van der Waals surface area contributed by atoms with Crippen LogP contribution in [0.15, 0.2) is 36.4 Å². The Labute approximate surface area is 166 Å². The first-order valence-corrected chi connectivity index (χ1v) is 9.28. The molecule has 1 saturated heterocycles. The van der Waals surface area contributed by atoms with Crippen LogP contribution in [0.25, 0.3) is 0 Å². The minimum Gasteiger partial charge on any atom is -0.397 e. The Morgan fingerprint density at radius 2 is 1.96 bits per heavy atom. The maximum absolute atomic E-state index is 13.0. The van der Waals surface area contributed by atoms with Crippen LogP contribution in [0.1, 0.15) is 45.9 Å². The largest absolute Gasteiger partial charge is 0.418 e. The number of hydrogen-bond donors (Lipinski definition) is 2. The molecule has 1 unspecified atom stereocenters. The number of nitrogens with zero attached hydrogens (tertiary/aromatic N) is 1. The van der Waals surface area contributed by atoms with Crippen molar-refractivity contribution in [1.29, 1.82) is 0 Å². The van der Waals surface area contributed by atoms with Gasteiger partial charge in [-0.2, -0.15) is 13.2 Å². The third-order valence-corrected chi connectivity index (χ3v) is 5.35. The second-order valence-electron chi connectivity index (χ2n) is 6.98. The predicted octanol–water partition coefficient (Wildman–Crippen LogP) is 4.64. The zero-order valence-electron chi connectivity index (χ0n) is 15.3. The molecule has 0 spiro atoms.